The highest BCUT2D eigenvalue weighted by Gasteiger charge is 2.47. The van der Waals surface area contributed by atoms with Gasteiger partial charge in [0.25, 0.3) is 0 Å². The number of rotatable bonds is 5. The van der Waals surface area contributed by atoms with Crippen LogP contribution in [0.25, 0.3) is 11.0 Å². The lowest BCUT2D eigenvalue weighted by molar-refractivity contribution is -0.175. The van der Waals surface area contributed by atoms with E-state index in [0.29, 0.717) is 5.56 Å². The van der Waals surface area contributed by atoms with Crippen molar-refractivity contribution >= 4 is 46.6 Å². The van der Waals surface area contributed by atoms with Crippen LogP contribution in [0.1, 0.15) is 17.9 Å². The molecule has 0 amide bonds. The number of aromatic amines is 1. The van der Waals surface area contributed by atoms with E-state index in [1.807, 2.05) is 0 Å². The Morgan fingerprint density at radius 2 is 1.94 bits per heavy atom. The molecule has 1 fully saturated rings. The van der Waals surface area contributed by atoms with Gasteiger partial charge in [0.2, 0.25) is 12.1 Å². The van der Waals surface area contributed by atoms with Crippen LogP contribution in [0.3, 0.4) is 0 Å². The number of hydrogen-bond donors (Lipinski definition) is 4. The van der Waals surface area contributed by atoms with E-state index in [4.69, 9.17) is 27.9 Å². The number of aromatic nitrogens is 3. The average molecular weight is 546 g/mol. The second-order valence-corrected chi connectivity index (χ2v) is 8.10. The van der Waals surface area contributed by atoms with E-state index >= 15 is 0 Å². The van der Waals surface area contributed by atoms with Crippen LogP contribution >= 0.6 is 35.6 Å². The molecule has 1 aromatic carbocycles. The molecule has 0 radical (unpaired) electrons. The summed E-state index contributed by atoms with van der Waals surface area (Å²) in [6.45, 7) is -1.58. The minimum atomic E-state index is -4.56. The number of aliphatic hydroxyl groups excluding tert-OH is 3. The summed E-state index contributed by atoms with van der Waals surface area (Å²) in [6, 6.07) is 5.88. The summed E-state index contributed by atoms with van der Waals surface area (Å²) in [7, 11) is 0. The number of fused-ring (bicyclic) bond motifs is 1. The van der Waals surface area contributed by atoms with Gasteiger partial charge in [-0.25, -0.2) is 4.98 Å². The normalized spacial score (nSPS) is 24.3. The van der Waals surface area contributed by atoms with Crippen molar-refractivity contribution in [1.29, 1.82) is 0 Å². The van der Waals surface area contributed by atoms with Gasteiger partial charge in [-0.1, -0.05) is 34.4 Å². The van der Waals surface area contributed by atoms with Gasteiger partial charge in [0.05, 0.1) is 21.8 Å². The van der Waals surface area contributed by atoms with Gasteiger partial charge < -0.3 is 34.4 Å². The number of alkyl halides is 3. The highest BCUT2D eigenvalue weighted by atomic mass is 35.5. The van der Waals surface area contributed by atoms with Crippen LogP contribution in [-0.2, 0) is 9.57 Å². The predicted octanol–water partition coefficient (Wildman–Crippen LogP) is 2.84. The third-order valence-corrected chi connectivity index (χ3v) is 5.81. The van der Waals surface area contributed by atoms with Crippen LogP contribution in [-0.4, -0.2) is 60.9 Å². The second kappa shape index (κ2) is 10.3. The van der Waals surface area contributed by atoms with Gasteiger partial charge in [-0.3, -0.25) is 0 Å². The molecule has 15 heteroatoms. The van der Waals surface area contributed by atoms with Crippen molar-refractivity contribution in [3.8, 4) is 0 Å². The van der Waals surface area contributed by atoms with Crippen LogP contribution in [0.15, 0.2) is 41.9 Å². The first kappa shape index (κ1) is 26.5. The Balaban J connectivity index is 0.00000324. The van der Waals surface area contributed by atoms with Crippen LogP contribution in [0.2, 0.25) is 10.0 Å². The number of benzene rings is 1. The van der Waals surface area contributed by atoms with Crippen LogP contribution < -0.4 is 5.49 Å². The van der Waals surface area contributed by atoms with Crippen LogP contribution in [0, 0.1) is 0 Å². The smallest absolute Gasteiger partial charge is 0.387 e. The summed E-state index contributed by atoms with van der Waals surface area (Å²) < 4.78 is 44.1. The molecule has 2 aromatic heterocycles. The zero-order valence-corrected chi connectivity index (χ0v) is 19.2. The lowest BCUT2D eigenvalue weighted by Crippen LogP contribution is -2.34. The lowest BCUT2D eigenvalue weighted by Gasteiger charge is -2.21. The molecule has 0 spiro atoms. The summed E-state index contributed by atoms with van der Waals surface area (Å²) >= 11 is 11.9. The molecule has 186 valence electrons. The Morgan fingerprint density at radius 1 is 1.21 bits per heavy atom. The molecule has 9 nitrogen and oxygen atoms in total. The summed E-state index contributed by atoms with van der Waals surface area (Å²) in [5.41, 5.74) is 0.463. The molecule has 1 aliphatic rings. The van der Waals surface area contributed by atoms with Crippen molar-refractivity contribution < 1.29 is 38.1 Å². The number of halogens is 6. The average Bonchev–Trinajstić information content (AvgIpc) is 3.31. The predicted molar refractivity (Wildman–Crippen MR) is 116 cm³/mol. The topological polar surface area (TPSA) is 125 Å². The first-order valence-corrected chi connectivity index (χ1v) is 10.2. The van der Waals surface area contributed by atoms with Crippen LogP contribution in [0.5, 0.6) is 0 Å². The minimum Gasteiger partial charge on any atom is -0.387 e. The summed E-state index contributed by atoms with van der Waals surface area (Å²) in [5, 5.41) is 36.0. The Bertz CT molecular complexity index is 1220. The number of hydrogen-bond acceptors (Lipinski definition) is 7. The van der Waals surface area contributed by atoms with Crippen molar-refractivity contribution in [2.24, 2.45) is 5.16 Å². The van der Waals surface area contributed by atoms with Crippen molar-refractivity contribution in [2.45, 2.75) is 36.8 Å². The number of nitrogens with zero attached hydrogens (tertiary/aromatic N) is 3. The van der Waals surface area contributed by atoms with E-state index in [-0.39, 0.29) is 39.0 Å². The fraction of sp³-hybridized carbons (Fsp3) is 0.368. The monoisotopic (exact) mass is 544 g/mol. The molecular formula is C19H18Cl3F3N4O5. The third kappa shape index (κ3) is 5.28. The van der Waals surface area contributed by atoms with E-state index in [9.17, 15) is 28.5 Å². The van der Waals surface area contributed by atoms with Gasteiger partial charge in [0.15, 0.2) is 6.23 Å². The molecular weight excluding hydrogens is 528 g/mol. The molecule has 0 saturated carbocycles. The quantitative estimate of drug-likeness (QED) is 0.366. The fourth-order valence-corrected chi connectivity index (χ4v) is 3.82. The number of nitrogens with one attached hydrogen (secondary N) is 1. The molecule has 0 unspecified atom stereocenters. The van der Waals surface area contributed by atoms with Crippen molar-refractivity contribution in [2.75, 3.05) is 6.61 Å². The molecule has 5 atom stereocenters. The van der Waals surface area contributed by atoms with Gasteiger partial charge >= 0.3 is 6.18 Å². The Kier molecular flexibility index (Phi) is 8.03. The Labute approximate surface area is 205 Å². The SMILES string of the molecule is Cl.O[C@@H]1[C@H](O)[C@@H]([C@H](O)c2ccc(Cl)c(Cl)c2)O[C@H]1n1ccc2/c(=N/OCC(F)(F)F)nc[nH]c21. The van der Waals surface area contributed by atoms with Gasteiger partial charge in [-0.2, -0.15) is 13.2 Å². The molecule has 4 N–H and O–H groups in total. The highest BCUT2D eigenvalue weighted by molar-refractivity contribution is 6.42. The number of H-pyrrole nitrogens is 1. The first-order valence-electron chi connectivity index (χ1n) is 9.48. The summed E-state index contributed by atoms with van der Waals surface area (Å²) in [6.07, 6.45) is -8.57. The van der Waals surface area contributed by atoms with Gasteiger partial charge in [0.1, 0.15) is 30.1 Å². The zero-order chi connectivity index (χ0) is 23.9. The van der Waals surface area contributed by atoms with E-state index in [1.54, 1.807) is 0 Å². The summed E-state index contributed by atoms with van der Waals surface area (Å²) in [5.74, 6) is 0. The maximum Gasteiger partial charge on any atom is 0.425 e. The van der Waals surface area contributed by atoms with Gasteiger partial charge in [-0.05, 0) is 23.8 Å². The molecule has 1 aliphatic heterocycles. The minimum absolute atomic E-state index is 0. The fourth-order valence-electron chi connectivity index (χ4n) is 3.52. The molecule has 1 saturated heterocycles. The Hall–Kier alpha value is -2.06. The largest absolute Gasteiger partial charge is 0.425 e. The van der Waals surface area contributed by atoms with Crippen LogP contribution in [0.4, 0.5) is 13.2 Å². The highest BCUT2D eigenvalue weighted by Crippen LogP contribution is 2.38. The van der Waals surface area contributed by atoms with E-state index in [1.165, 1.54) is 41.4 Å². The maximum absolute atomic E-state index is 12.3. The van der Waals surface area contributed by atoms with E-state index < -0.39 is 43.4 Å². The molecule has 3 aromatic rings. The van der Waals surface area contributed by atoms with Crippen molar-refractivity contribution in [3.05, 3.63) is 57.9 Å². The van der Waals surface area contributed by atoms with Gasteiger partial charge in [0, 0.05) is 6.20 Å². The maximum atomic E-state index is 12.3. The molecule has 4 rings (SSSR count). The molecule has 0 bridgehead atoms. The lowest BCUT2D eigenvalue weighted by atomic mass is 9.99. The standard InChI is InChI=1S/C19H17Cl2F3N4O5.ClH/c20-10-2-1-8(5-11(10)21)12(29)15-13(30)14(31)18(33-15)28-4-3-9-16(25-7-26-17(9)28)27-32-6-19(22,23)24;/h1-5,7,12-15,18,29-31H,6H2,(H,25,26,27);1H/t12-,13+,14-,15-,18-;/m1./s1. The second-order valence-electron chi connectivity index (χ2n) is 7.28. The van der Waals surface area contributed by atoms with E-state index in [2.05, 4.69) is 20.0 Å². The molecule has 34 heavy (non-hydrogen) atoms. The first-order chi connectivity index (χ1) is 15.6. The third-order valence-electron chi connectivity index (χ3n) is 5.07. The van der Waals surface area contributed by atoms with Gasteiger partial charge in [-0.15, -0.1) is 12.4 Å². The number of ether oxygens (including phenoxy) is 1. The zero-order valence-electron chi connectivity index (χ0n) is 16.9. The number of aliphatic hydroxyl groups is 3. The molecule has 0 aliphatic carbocycles. The molecule has 3 heterocycles. The van der Waals surface area contributed by atoms with E-state index in [0.717, 1.165) is 0 Å². The Morgan fingerprint density at radius 3 is 2.62 bits per heavy atom. The van der Waals surface area contributed by atoms with Crippen molar-refractivity contribution in [3.63, 3.8) is 0 Å². The van der Waals surface area contributed by atoms with Crippen molar-refractivity contribution in [1.82, 2.24) is 14.5 Å². The summed E-state index contributed by atoms with van der Waals surface area (Å²) in [4.78, 5) is 11.0.